The molecule has 0 atom stereocenters. The summed E-state index contributed by atoms with van der Waals surface area (Å²) in [6.45, 7) is 0.234. The van der Waals surface area contributed by atoms with Crippen molar-refractivity contribution in [2.75, 3.05) is 7.11 Å². The Morgan fingerprint density at radius 1 is 1.56 bits per heavy atom. The van der Waals surface area contributed by atoms with Crippen LogP contribution < -0.4 is 5.73 Å². The van der Waals surface area contributed by atoms with Crippen molar-refractivity contribution >= 4 is 17.5 Å². The van der Waals surface area contributed by atoms with Crippen LogP contribution in [0, 0.1) is 0 Å². The molecule has 0 saturated carbocycles. The number of halogens is 1. The highest BCUT2D eigenvalue weighted by Gasteiger charge is 2.09. The molecule has 0 aliphatic carbocycles. The normalized spacial score (nSPS) is 10.6. The first kappa shape index (κ1) is 12.5. The Hall–Kier alpha value is -1.99. The van der Waals surface area contributed by atoms with Gasteiger partial charge < -0.3 is 10.5 Å². The number of nitrogens with two attached hydrogens (primary N) is 1. The number of primary amides is 1. The maximum absolute atomic E-state index is 11.0. The summed E-state index contributed by atoms with van der Waals surface area (Å²) in [5.41, 5.74) is 5.43. The van der Waals surface area contributed by atoms with Crippen molar-refractivity contribution in [3.05, 3.63) is 35.0 Å². The second-order valence-corrected chi connectivity index (χ2v) is 3.82. The molecule has 0 aliphatic rings. The quantitative estimate of drug-likeness (QED) is 0.817. The zero-order valence-electron chi connectivity index (χ0n) is 9.50. The third-order valence-corrected chi connectivity index (χ3v) is 2.30. The smallest absolute Gasteiger partial charge is 0.251 e. The van der Waals surface area contributed by atoms with E-state index in [-0.39, 0.29) is 17.3 Å². The molecule has 0 fully saturated rings. The average molecular weight is 268 g/mol. The zero-order valence-corrected chi connectivity index (χ0v) is 10.3. The van der Waals surface area contributed by atoms with Crippen molar-refractivity contribution < 1.29 is 9.53 Å². The molecule has 2 aromatic rings. The standard InChI is InChI=1S/C10H10ClN5O2/c1-18-5-8-14-7(11)2-9(15-8)16-4-6(3-13-16)10(12)17/h2-4H,5H2,1H3,(H2,12,17). The molecule has 0 aromatic carbocycles. The van der Waals surface area contributed by atoms with Crippen molar-refractivity contribution in [1.82, 2.24) is 19.7 Å². The van der Waals surface area contributed by atoms with Crippen LogP contribution in [0.4, 0.5) is 0 Å². The number of hydrogen-bond acceptors (Lipinski definition) is 5. The number of carbonyl (C=O) groups excluding carboxylic acids is 1. The van der Waals surface area contributed by atoms with Crippen LogP contribution in [-0.2, 0) is 11.3 Å². The number of rotatable bonds is 4. The summed E-state index contributed by atoms with van der Waals surface area (Å²) < 4.78 is 6.33. The van der Waals surface area contributed by atoms with E-state index in [9.17, 15) is 4.79 Å². The van der Waals surface area contributed by atoms with E-state index in [2.05, 4.69) is 15.1 Å². The monoisotopic (exact) mass is 267 g/mol. The molecular formula is C10H10ClN5O2. The van der Waals surface area contributed by atoms with E-state index in [0.717, 1.165) is 0 Å². The Balaban J connectivity index is 2.39. The highest BCUT2D eigenvalue weighted by atomic mass is 35.5. The number of methoxy groups -OCH3 is 1. The van der Waals surface area contributed by atoms with Gasteiger partial charge in [0.15, 0.2) is 11.6 Å². The van der Waals surface area contributed by atoms with Crippen LogP contribution in [0.25, 0.3) is 5.82 Å². The summed E-state index contributed by atoms with van der Waals surface area (Å²) >= 11 is 5.87. The lowest BCUT2D eigenvalue weighted by molar-refractivity contribution is 0.100. The molecule has 7 nitrogen and oxygen atoms in total. The van der Waals surface area contributed by atoms with Gasteiger partial charge in [0.1, 0.15) is 11.8 Å². The SMILES string of the molecule is COCc1nc(Cl)cc(-n2cc(C(N)=O)cn2)n1. The highest BCUT2D eigenvalue weighted by Crippen LogP contribution is 2.12. The van der Waals surface area contributed by atoms with Crippen molar-refractivity contribution in [3.8, 4) is 5.82 Å². The van der Waals surface area contributed by atoms with Crippen molar-refractivity contribution in [3.63, 3.8) is 0 Å². The predicted molar refractivity (Wildman–Crippen MR) is 63.4 cm³/mol. The van der Waals surface area contributed by atoms with Gasteiger partial charge in [0.05, 0.1) is 11.8 Å². The molecule has 1 amide bonds. The number of carbonyl (C=O) groups is 1. The van der Waals surface area contributed by atoms with E-state index >= 15 is 0 Å². The van der Waals surface area contributed by atoms with Gasteiger partial charge in [-0.3, -0.25) is 4.79 Å². The summed E-state index contributed by atoms with van der Waals surface area (Å²) in [4.78, 5) is 19.2. The fraction of sp³-hybridized carbons (Fsp3) is 0.200. The lowest BCUT2D eigenvalue weighted by Crippen LogP contribution is -2.09. The molecule has 0 bridgehead atoms. The first-order valence-electron chi connectivity index (χ1n) is 4.97. The fourth-order valence-electron chi connectivity index (χ4n) is 1.34. The highest BCUT2D eigenvalue weighted by molar-refractivity contribution is 6.29. The fourth-order valence-corrected chi connectivity index (χ4v) is 1.53. The number of amides is 1. The molecule has 0 saturated heterocycles. The number of aromatic nitrogens is 4. The predicted octanol–water partition coefficient (Wildman–Crippen LogP) is 0.561. The van der Waals surface area contributed by atoms with Crippen LogP contribution in [0.2, 0.25) is 5.15 Å². The Bertz CT molecular complexity index is 583. The van der Waals surface area contributed by atoms with Gasteiger partial charge in [0, 0.05) is 19.4 Å². The van der Waals surface area contributed by atoms with Crippen LogP contribution >= 0.6 is 11.6 Å². The molecule has 8 heteroatoms. The Kier molecular flexibility index (Phi) is 3.54. The molecule has 0 unspecified atom stereocenters. The summed E-state index contributed by atoms with van der Waals surface area (Å²) in [7, 11) is 1.53. The first-order chi connectivity index (χ1) is 8.60. The third-order valence-electron chi connectivity index (χ3n) is 2.10. The molecule has 0 radical (unpaired) electrons. The van der Waals surface area contributed by atoms with Gasteiger partial charge in [-0.25, -0.2) is 14.6 Å². The molecule has 0 aliphatic heterocycles. The Morgan fingerprint density at radius 3 is 2.94 bits per heavy atom. The van der Waals surface area contributed by atoms with Crippen molar-refractivity contribution in [1.29, 1.82) is 0 Å². The lowest BCUT2D eigenvalue weighted by atomic mass is 10.3. The number of hydrogen-bond donors (Lipinski definition) is 1. The van der Waals surface area contributed by atoms with Crippen LogP contribution in [0.1, 0.15) is 16.2 Å². The summed E-state index contributed by atoms with van der Waals surface area (Å²) in [6, 6.07) is 1.53. The third kappa shape index (κ3) is 2.63. The second kappa shape index (κ2) is 5.11. The summed E-state index contributed by atoms with van der Waals surface area (Å²) in [5, 5.41) is 4.24. The molecule has 94 valence electrons. The van der Waals surface area contributed by atoms with Gasteiger partial charge in [0.25, 0.3) is 5.91 Å². The Morgan fingerprint density at radius 2 is 2.33 bits per heavy atom. The molecular weight excluding hydrogens is 258 g/mol. The molecule has 2 rings (SSSR count). The van der Waals surface area contributed by atoms with Gasteiger partial charge in [-0.2, -0.15) is 5.10 Å². The molecule has 0 spiro atoms. The molecule has 2 N–H and O–H groups in total. The second-order valence-electron chi connectivity index (χ2n) is 3.44. The van der Waals surface area contributed by atoms with Crippen LogP contribution in [-0.4, -0.2) is 32.8 Å². The van der Waals surface area contributed by atoms with E-state index in [0.29, 0.717) is 11.6 Å². The van der Waals surface area contributed by atoms with Crippen LogP contribution in [0.15, 0.2) is 18.5 Å². The van der Waals surface area contributed by atoms with Crippen molar-refractivity contribution in [2.24, 2.45) is 5.73 Å². The van der Waals surface area contributed by atoms with E-state index in [4.69, 9.17) is 22.1 Å². The van der Waals surface area contributed by atoms with E-state index in [1.807, 2.05) is 0 Å². The van der Waals surface area contributed by atoms with Gasteiger partial charge in [-0.05, 0) is 0 Å². The Labute approximate surface area is 108 Å². The summed E-state index contributed by atoms with van der Waals surface area (Å²) in [6.07, 6.45) is 2.83. The van der Waals surface area contributed by atoms with E-state index in [1.54, 1.807) is 0 Å². The molecule has 2 heterocycles. The van der Waals surface area contributed by atoms with Gasteiger partial charge in [-0.15, -0.1) is 0 Å². The van der Waals surface area contributed by atoms with Gasteiger partial charge in [0.2, 0.25) is 0 Å². The minimum atomic E-state index is -0.557. The number of ether oxygens (including phenoxy) is 1. The largest absolute Gasteiger partial charge is 0.377 e. The average Bonchev–Trinajstić information content (AvgIpc) is 2.78. The minimum Gasteiger partial charge on any atom is -0.377 e. The zero-order chi connectivity index (χ0) is 13.1. The van der Waals surface area contributed by atoms with E-state index in [1.165, 1.54) is 30.3 Å². The lowest BCUT2D eigenvalue weighted by Gasteiger charge is -2.04. The minimum absolute atomic E-state index is 0.234. The van der Waals surface area contributed by atoms with Crippen LogP contribution in [0.3, 0.4) is 0 Å². The van der Waals surface area contributed by atoms with Crippen molar-refractivity contribution in [2.45, 2.75) is 6.61 Å². The maximum Gasteiger partial charge on any atom is 0.251 e. The molecule has 18 heavy (non-hydrogen) atoms. The molecule has 2 aromatic heterocycles. The topological polar surface area (TPSA) is 95.9 Å². The maximum atomic E-state index is 11.0. The number of nitrogens with zero attached hydrogens (tertiary/aromatic N) is 4. The van der Waals surface area contributed by atoms with Gasteiger partial charge in [-0.1, -0.05) is 11.6 Å². The van der Waals surface area contributed by atoms with E-state index < -0.39 is 5.91 Å². The van der Waals surface area contributed by atoms with Crippen LogP contribution in [0.5, 0.6) is 0 Å². The van der Waals surface area contributed by atoms with Gasteiger partial charge >= 0.3 is 0 Å². The summed E-state index contributed by atoms with van der Waals surface area (Å²) in [5.74, 6) is 0.309. The first-order valence-corrected chi connectivity index (χ1v) is 5.35.